The minimum absolute atomic E-state index is 0.0524. The summed E-state index contributed by atoms with van der Waals surface area (Å²) in [6.45, 7) is -0.431. The van der Waals surface area contributed by atoms with Crippen LogP contribution in [0.4, 0.5) is 0 Å². The fourth-order valence-corrected chi connectivity index (χ4v) is 2.52. The summed E-state index contributed by atoms with van der Waals surface area (Å²) >= 11 is 8.09. The van der Waals surface area contributed by atoms with E-state index >= 15 is 0 Å². The van der Waals surface area contributed by atoms with Crippen LogP contribution in [0.3, 0.4) is 0 Å². The van der Waals surface area contributed by atoms with Crippen molar-refractivity contribution in [2.45, 2.75) is 24.5 Å². The molecule has 1 saturated heterocycles. The Bertz CT molecular complexity index is 628. The first kappa shape index (κ1) is 15.5. The third-order valence-corrected chi connectivity index (χ3v) is 3.61. The van der Waals surface area contributed by atoms with Gasteiger partial charge in [-0.3, -0.25) is 14.3 Å². The van der Waals surface area contributed by atoms with Crippen molar-refractivity contribution in [2.24, 2.45) is 0 Å². The molecule has 0 unspecified atom stereocenters. The second-order valence-corrected chi connectivity index (χ2v) is 5.19. The molecular formula is C11H13BrN2O5S. The van der Waals surface area contributed by atoms with E-state index in [1.54, 1.807) is 0 Å². The van der Waals surface area contributed by atoms with E-state index in [2.05, 4.69) is 20.9 Å². The molecule has 20 heavy (non-hydrogen) atoms. The molecule has 7 nitrogen and oxygen atoms in total. The Kier molecular flexibility index (Phi) is 4.89. The maximum Gasteiger partial charge on any atom is 0.258 e. The molecule has 0 bridgehead atoms. The highest BCUT2D eigenvalue weighted by Crippen LogP contribution is 2.29. The van der Waals surface area contributed by atoms with Gasteiger partial charge >= 0.3 is 0 Å². The average Bonchev–Trinajstić information content (AvgIpc) is 2.70. The SMILES string of the molecule is O=c1[nH]c(=S)n([C@@H]2O[C@H](CO)[C@@H](O)[C@@H]2O)cc1/C=C/Br. The van der Waals surface area contributed by atoms with E-state index in [4.69, 9.17) is 22.1 Å². The smallest absolute Gasteiger partial charge is 0.258 e. The molecule has 1 aliphatic rings. The first-order chi connectivity index (χ1) is 9.49. The van der Waals surface area contributed by atoms with Crippen molar-refractivity contribution in [1.29, 1.82) is 0 Å². The Balaban J connectivity index is 2.46. The van der Waals surface area contributed by atoms with Gasteiger partial charge < -0.3 is 20.1 Å². The summed E-state index contributed by atoms with van der Waals surface area (Å²) in [6, 6.07) is 0. The number of aliphatic hydroxyl groups is 3. The number of ether oxygens (including phenoxy) is 1. The van der Waals surface area contributed by atoms with Gasteiger partial charge in [-0.15, -0.1) is 0 Å². The summed E-state index contributed by atoms with van der Waals surface area (Å²) in [5.41, 5.74) is -0.0816. The van der Waals surface area contributed by atoms with Crippen LogP contribution in [0.2, 0.25) is 0 Å². The Labute approximate surface area is 127 Å². The molecule has 4 N–H and O–H groups in total. The molecule has 0 amide bonds. The van der Waals surface area contributed by atoms with E-state index in [1.165, 1.54) is 21.8 Å². The van der Waals surface area contributed by atoms with Crippen molar-refractivity contribution in [3.05, 3.63) is 31.9 Å². The molecule has 9 heteroatoms. The molecule has 0 saturated carbocycles. The minimum Gasteiger partial charge on any atom is -0.394 e. The van der Waals surface area contributed by atoms with Gasteiger partial charge in [-0.25, -0.2) is 0 Å². The van der Waals surface area contributed by atoms with Gasteiger partial charge in [0.25, 0.3) is 5.56 Å². The highest BCUT2D eigenvalue weighted by Gasteiger charge is 2.43. The number of hydrogen-bond donors (Lipinski definition) is 4. The maximum atomic E-state index is 11.7. The predicted molar refractivity (Wildman–Crippen MR) is 76.9 cm³/mol. The Morgan fingerprint density at radius 3 is 2.75 bits per heavy atom. The van der Waals surface area contributed by atoms with Crippen LogP contribution in [0.15, 0.2) is 16.0 Å². The molecule has 110 valence electrons. The quantitative estimate of drug-likeness (QED) is 0.557. The molecule has 0 spiro atoms. The fraction of sp³-hybridized carbons (Fsp3) is 0.455. The van der Waals surface area contributed by atoms with Crippen LogP contribution >= 0.6 is 28.1 Å². The molecule has 4 atom stereocenters. The first-order valence-corrected chi connectivity index (χ1v) is 7.06. The van der Waals surface area contributed by atoms with Gasteiger partial charge in [-0.2, -0.15) is 0 Å². The largest absolute Gasteiger partial charge is 0.394 e. The fourth-order valence-electron chi connectivity index (χ4n) is 1.99. The molecule has 0 aliphatic carbocycles. The third kappa shape index (κ3) is 2.78. The molecular weight excluding hydrogens is 352 g/mol. The standard InChI is InChI=1S/C11H13BrN2O5S/c12-2-1-5-3-14(11(20)13-9(5)18)10-8(17)7(16)6(4-15)19-10/h1-3,6-8,10,15-17H,4H2,(H,13,18,20)/b2-1+/t6-,7-,8+,10-/m1/s1. The second-order valence-electron chi connectivity index (χ2n) is 4.27. The Morgan fingerprint density at radius 2 is 2.20 bits per heavy atom. The highest BCUT2D eigenvalue weighted by molar-refractivity contribution is 9.11. The van der Waals surface area contributed by atoms with Crippen LogP contribution in [0.5, 0.6) is 0 Å². The summed E-state index contributed by atoms with van der Waals surface area (Å²) in [6.07, 6.45) is -1.45. The van der Waals surface area contributed by atoms with Gasteiger partial charge in [0, 0.05) is 6.20 Å². The predicted octanol–water partition coefficient (Wildman–Crippen LogP) is -0.117. The summed E-state index contributed by atoms with van der Waals surface area (Å²) < 4.78 is 6.75. The van der Waals surface area contributed by atoms with E-state index in [0.717, 1.165) is 0 Å². The summed E-state index contributed by atoms with van der Waals surface area (Å²) in [7, 11) is 0. The first-order valence-electron chi connectivity index (χ1n) is 5.74. The molecule has 2 heterocycles. The summed E-state index contributed by atoms with van der Waals surface area (Å²) in [5, 5.41) is 28.8. The number of hydrogen-bond acceptors (Lipinski definition) is 6. The zero-order valence-corrected chi connectivity index (χ0v) is 12.5. The number of H-pyrrole nitrogens is 1. The van der Waals surface area contributed by atoms with Crippen molar-refractivity contribution < 1.29 is 20.1 Å². The number of aromatic amines is 1. The second kappa shape index (κ2) is 6.29. The number of halogens is 1. The lowest BCUT2D eigenvalue weighted by molar-refractivity contribution is -0.0541. The van der Waals surface area contributed by atoms with Crippen LogP contribution in [0, 0.1) is 4.77 Å². The van der Waals surface area contributed by atoms with Gasteiger partial charge in [0.2, 0.25) is 0 Å². The zero-order valence-electron chi connectivity index (χ0n) is 10.1. The lowest BCUT2D eigenvalue weighted by Gasteiger charge is -2.18. The number of aliphatic hydroxyl groups excluding tert-OH is 3. The van der Waals surface area contributed by atoms with E-state index in [-0.39, 0.29) is 10.3 Å². The van der Waals surface area contributed by atoms with Crippen molar-refractivity contribution in [1.82, 2.24) is 9.55 Å². The topological polar surface area (TPSA) is 108 Å². The van der Waals surface area contributed by atoms with Crippen LogP contribution in [0.25, 0.3) is 6.08 Å². The molecule has 1 aromatic heterocycles. The Morgan fingerprint density at radius 1 is 1.50 bits per heavy atom. The number of nitrogens with zero attached hydrogens (tertiary/aromatic N) is 1. The van der Waals surface area contributed by atoms with Gasteiger partial charge in [0.15, 0.2) is 11.0 Å². The van der Waals surface area contributed by atoms with Crippen LogP contribution in [-0.4, -0.2) is 49.8 Å². The zero-order chi connectivity index (χ0) is 14.9. The summed E-state index contributed by atoms with van der Waals surface area (Å²) in [5.74, 6) is 0. The van der Waals surface area contributed by atoms with Gasteiger partial charge in [-0.1, -0.05) is 15.9 Å². The molecule has 2 rings (SSSR count). The lowest BCUT2D eigenvalue weighted by Crippen LogP contribution is -2.33. The highest BCUT2D eigenvalue weighted by atomic mass is 79.9. The maximum absolute atomic E-state index is 11.7. The van der Waals surface area contributed by atoms with Gasteiger partial charge in [-0.05, 0) is 23.3 Å². The molecule has 0 radical (unpaired) electrons. The van der Waals surface area contributed by atoms with E-state index in [0.29, 0.717) is 5.56 Å². The molecule has 1 aromatic rings. The number of aromatic nitrogens is 2. The molecule has 1 aliphatic heterocycles. The number of rotatable bonds is 3. The van der Waals surface area contributed by atoms with E-state index in [9.17, 15) is 15.0 Å². The van der Waals surface area contributed by atoms with Crippen LogP contribution in [0.1, 0.15) is 11.8 Å². The van der Waals surface area contributed by atoms with E-state index < -0.39 is 31.1 Å². The van der Waals surface area contributed by atoms with Crippen molar-refractivity contribution in [3.8, 4) is 0 Å². The van der Waals surface area contributed by atoms with Gasteiger partial charge in [0.05, 0.1) is 12.2 Å². The monoisotopic (exact) mass is 364 g/mol. The van der Waals surface area contributed by atoms with Gasteiger partial charge in [0.1, 0.15) is 18.3 Å². The lowest BCUT2D eigenvalue weighted by atomic mass is 10.1. The van der Waals surface area contributed by atoms with Crippen molar-refractivity contribution >= 4 is 34.2 Å². The number of nitrogens with one attached hydrogen (secondary N) is 1. The van der Waals surface area contributed by atoms with E-state index in [1.807, 2.05) is 0 Å². The average molecular weight is 365 g/mol. The van der Waals surface area contributed by atoms with Crippen LogP contribution in [-0.2, 0) is 4.74 Å². The minimum atomic E-state index is -1.26. The third-order valence-electron chi connectivity index (χ3n) is 3.03. The molecule has 1 fully saturated rings. The Hall–Kier alpha value is -0.840. The normalized spacial score (nSPS) is 30.2. The van der Waals surface area contributed by atoms with Crippen molar-refractivity contribution in [2.75, 3.05) is 6.61 Å². The summed E-state index contributed by atoms with van der Waals surface area (Å²) in [4.78, 5) is 15.6. The molecule has 0 aromatic carbocycles. The van der Waals surface area contributed by atoms with Crippen molar-refractivity contribution in [3.63, 3.8) is 0 Å². The van der Waals surface area contributed by atoms with Crippen LogP contribution < -0.4 is 5.56 Å².